The van der Waals surface area contributed by atoms with Crippen LogP contribution in [0.15, 0.2) is 54.1 Å². The van der Waals surface area contributed by atoms with Crippen LogP contribution < -0.4 is 10.1 Å². The van der Waals surface area contributed by atoms with Crippen LogP contribution in [0.2, 0.25) is 0 Å². The van der Waals surface area contributed by atoms with Crippen molar-refractivity contribution in [1.82, 2.24) is 10.3 Å². The van der Waals surface area contributed by atoms with Crippen molar-refractivity contribution in [2.75, 3.05) is 13.7 Å². The Hall–Kier alpha value is -2.75. The van der Waals surface area contributed by atoms with Gasteiger partial charge in [0.25, 0.3) is 5.91 Å². The standard InChI is InChI=1S/C26H34N2O2/c1-5-8-20(6-2)21-13-11-19(12-14-21)17-27-26(29)24-15-18(3)28-25(24)22-9-7-10-23(16-22)30-4/h5-10,15-16,19,21,28H,11-14,17H2,1-4H3,(H,27,29)/b8-5-,20-6+. The van der Waals surface area contributed by atoms with Gasteiger partial charge in [-0.1, -0.05) is 30.4 Å². The molecule has 1 aromatic heterocycles. The van der Waals surface area contributed by atoms with E-state index < -0.39 is 0 Å². The van der Waals surface area contributed by atoms with Crippen molar-refractivity contribution in [3.63, 3.8) is 0 Å². The average molecular weight is 407 g/mol. The van der Waals surface area contributed by atoms with Gasteiger partial charge in [-0.3, -0.25) is 4.79 Å². The number of benzene rings is 1. The van der Waals surface area contributed by atoms with E-state index in [4.69, 9.17) is 4.74 Å². The van der Waals surface area contributed by atoms with E-state index in [0.717, 1.165) is 42.1 Å². The molecular weight excluding hydrogens is 372 g/mol. The lowest BCUT2D eigenvalue weighted by Crippen LogP contribution is -2.31. The third-order valence-corrected chi connectivity index (χ3v) is 6.12. The molecule has 0 radical (unpaired) electrons. The van der Waals surface area contributed by atoms with Crippen LogP contribution in [0.25, 0.3) is 11.3 Å². The van der Waals surface area contributed by atoms with E-state index in [1.165, 1.54) is 18.4 Å². The van der Waals surface area contributed by atoms with Crippen LogP contribution in [0.1, 0.15) is 55.6 Å². The molecule has 1 heterocycles. The summed E-state index contributed by atoms with van der Waals surface area (Å²) in [5.41, 5.74) is 4.92. The predicted molar refractivity (Wildman–Crippen MR) is 124 cm³/mol. The van der Waals surface area contributed by atoms with E-state index in [1.54, 1.807) is 7.11 Å². The summed E-state index contributed by atoms with van der Waals surface area (Å²) in [6, 6.07) is 9.72. The van der Waals surface area contributed by atoms with Gasteiger partial charge in [0.2, 0.25) is 0 Å². The molecule has 3 rings (SSSR count). The summed E-state index contributed by atoms with van der Waals surface area (Å²) in [4.78, 5) is 16.3. The lowest BCUT2D eigenvalue weighted by atomic mass is 9.78. The minimum atomic E-state index is -0.0117. The Bertz CT molecular complexity index is 915. The van der Waals surface area contributed by atoms with Crippen LogP contribution in [0.5, 0.6) is 5.75 Å². The van der Waals surface area contributed by atoms with Crippen LogP contribution in [0.3, 0.4) is 0 Å². The first-order chi connectivity index (χ1) is 14.5. The number of H-pyrrole nitrogens is 1. The molecule has 160 valence electrons. The Morgan fingerprint density at radius 2 is 1.97 bits per heavy atom. The van der Waals surface area contributed by atoms with Crippen molar-refractivity contribution in [2.45, 2.75) is 46.5 Å². The zero-order chi connectivity index (χ0) is 21.5. The Kier molecular flexibility index (Phi) is 7.56. The summed E-state index contributed by atoms with van der Waals surface area (Å²) in [6.45, 7) is 6.92. The lowest BCUT2D eigenvalue weighted by Gasteiger charge is -2.29. The fourth-order valence-electron chi connectivity index (χ4n) is 4.47. The molecule has 30 heavy (non-hydrogen) atoms. The van der Waals surface area contributed by atoms with Crippen LogP contribution in [-0.2, 0) is 0 Å². The Morgan fingerprint density at radius 1 is 1.20 bits per heavy atom. The molecule has 4 heteroatoms. The molecule has 0 spiro atoms. The molecule has 0 saturated heterocycles. The molecule has 2 aromatic rings. The van der Waals surface area contributed by atoms with E-state index in [9.17, 15) is 4.79 Å². The van der Waals surface area contributed by atoms with Gasteiger partial charge in [0.1, 0.15) is 5.75 Å². The van der Waals surface area contributed by atoms with Crippen molar-refractivity contribution in [2.24, 2.45) is 11.8 Å². The largest absolute Gasteiger partial charge is 0.497 e. The van der Waals surface area contributed by atoms with Gasteiger partial charge in [0.15, 0.2) is 0 Å². The van der Waals surface area contributed by atoms with Gasteiger partial charge in [-0.15, -0.1) is 0 Å². The number of carbonyl (C=O) groups is 1. The smallest absolute Gasteiger partial charge is 0.253 e. The summed E-state index contributed by atoms with van der Waals surface area (Å²) in [5, 5.41) is 3.19. The minimum Gasteiger partial charge on any atom is -0.497 e. The van der Waals surface area contributed by atoms with Crippen molar-refractivity contribution < 1.29 is 9.53 Å². The number of amides is 1. The number of carbonyl (C=O) groups excluding carboxylic acids is 1. The minimum absolute atomic E-state index is 0.0117. The van der Waals surface area contributed by atoms with Crippen LogP contribution in [-0.4, -0.2) is 24.5 Å². The van der Waals surface area contributed by atoms with Crippen LogP contribution >= 0.6 is 0 Å². The van der Waals surface area contributed by atoms with Gasteiger partial charge >= 0.3 is 0 Å². The fraction of sp³-hybridized carbons (Fsp3) is 0.423. The van der Waals surface area contributed by atoms with E-state index in [1.807, 2.05) is 37.3 Å². The number of hydrogen-bond acceptors (Lipinski definition) is 2. The van der Waals surface area contributed by atoms with Gasteiger partial charge in [0, 0.05) is 17.8 Å². The first-order valence-corrected chi connectivity index (χ1v) is 11.0. The lowest BCUT2D eigenvalue weighted by molar-refractivity contribution is 0.0943. The van der Waals surface area contributed by atoms with E-state index in [2.05, 4.69) is 42.4 Å². The molecule has 0 atom stereocenters. The quantitative estimate of drug-likeness (QED) is 0.549. The zero-order valence-electron chi connectivity index (χ0n) is 18.6. The number of hydrogen-bond donors (Lipinski definition) is 2. The highest BCUT2D eigenvalue weighted by atomic mass is 16.5. The molecule has 1 aliphatic rings. The first-order valence-electron chi connectivity index (χ1n) is 11.0. The van der Waals surface area contributed by atoms with Crippen molar-refractivity contribution in [3.8, 4) is 17.0 Å². The summed E-state index contributed by atoms with van der Waals surface area (Å²) in [6.07, 6.45) is 11.3. The monoisotopic (exact) mass is 406 g/mol. The summed E-state index contributed by atoms with van der Waals surface area (Å²) < 4.78 is 5.34. The van der Waals surface area contributed by atoms with Crippen LogP contribution in [0.4, 0.5) is 0 Å². The molecule has 1 fully saturated rings. The second-order valence-electron chi connectivity index (χ2n) is 8.19. The number of aromatic amines is 1. The number of allylic oxidation sites excluding steroid dienone is 4. The van der Waals surface area contributed by atoms with E-state index in [0.29, 0.717) is 17.4 Å². The van der Waals surface area contributed by atoms with Gasteiger partial charge in [-0.05, 0) is 82.1 Å². The highest BCUT2D eigenvalue weighted by Gasteiger charge is 2.24. The van der Waals surface area contributed by atoms with E-state index in [-0.39, 0.29) is 5.91 Å². The molecule has 1 aromatic carbocycles. The molecular formula is C26H34N2O2. The normalized spacial score (nSPS) is 19.8. The molecule has 0 bridgehead atoms. The van der Waals surface area contributed by atoms with Crippen molar-refractivity contribution >= 4 is 5.91 Å². The Balaban J connectivity index is 1.61. The topological polar surface area (TPSA) is 54.1 Å². The Morgan fingerprint density at radius 3 is 2.63 bits per heavy atom. The second-order valence-corrected chi connectivity index (χ2v) is 8.19. The highest BCUT2D eigenvalue weighted by molar-refractivity contribution is 6.00. The number of aromatic nitrogens is 1. The van der Waals surface area contributed by atoms with Crippen molar-refractivity contribution in [1.29, 1.82) is 0 Å². The summed E-state index contributed by atoms with van der Waals surface area (Å²) in [7, 11) is 1.65. The van der Waals surface area contributed by atoms with Crippen molar-refractivity contribution in [3.05, 3.63) is 65.4 Å². The first kappa shape index (κ1) is 21.9. The fourth-order valence-corrected chi connectivity index (χ4v) is 4.47. The predicted octanol–water partition coefficient (Wildman–Crippen LogP) is 6.06. The zero-order valence-corrected chi connectivity index (χ0v) is 18.6. The molecule has 0 unspecified atom stereocenters. The van der Waals surface area contributed by atoms with Gasteiger partial charge in [-0.2, -0.15) is 0 Å². The third-order valence-electron chi connectivity index (χ3n) is 6.12. The third kappa shape index (κ3) is 5.24. The van der Waals surface area contributed by atoms with Gasteiger partial charge in [-0.25, -0.2) is 0 Å². The summed E-state index contributed by atoms with van der Waals surface area (Å²) in [5.74, 6) is 1.97. The number of nitrogens with one attached hydrogen (secondary N) is 2. The SMILES string of the molecule is C/C=C\C(=C/C)C1CCC(CNC(=O)c2cc(C)[nH]c2-c2cccc(OC)c2)CC1. The molecule has 1 aliphatic carbocycles. The molecule has 4 nitrogen and oxygen atoms in total. The van der Waals surface area contributed by atoms with Gasteiger partial charge < -0.3 is 15.0 Å². The van der Waals surface area contributed by atoms with Gasteiger partial charge in [0.05, 0.1) is 18.4 Å². The second kappa shape index (κ2) is 10.3. The molecule has 1 amide bonds. The maximum Gasteiger partial charge on any atom is 0.253 e. The summed E-state index contributed by atoms with van der Waals surface area (Å²) >= 11 is 0. The highest BCUT2D eigenvalue weighted by Crippen LogP contribution is 2.34. The number of aryl methyl sites for hydroxylation is 1. The number of methoxy groups -OCH3 is 1. The maximum absolute atomic E-state index is 13.0. The molecule has 2 N–H and O–H groups in total. The van der Waals surface area contributed by atoms with Crippen LogP contribution in [0, 0.1) is 18.8 Å². The number of ether oxygens (including phenoxy) is 1. The Labute approximate surface area is 180 Å². The molecule has 1 saturated carbocycles. The maximum atomic E-state index is 13.0. The average Bonchev–Trinajstić information content (AvgIpc) is 3.18. The molecule has 0 aliphatic heterocycles. The van der Waals surface area contributed by atoms with E-state index >= 15 is 0 Å². The number of rotatable bonds is 7.